The number of halogens is 1. The number of aromatic nitrogens is 1. The lowest BCUT2D eigenvalue weighted by Crippen LogP contribution is -2.33. The van der Waals surface area contributed by atoms with Crippen molar-refractivity contribution in [2.75, 3.05) is 19.0 Å². The van der Waals surface area contributed by atoms with E-state index in [1.54, 1.807) is 0 Å². The maximum absolute atomic E-state index is 5.86. The second-order valence-corrected chi connectivity index (χ2v) is 4.50. The Morgan fingerprint density at radius 2 is 2.13 bits per heavy atom. The van der Waals surface area contributed by atoms with Gasteiger partial charge in [0.1, 0.15) is 0 Å². The standard InChI is InChI=1S/C12H17ClN2/c13-9-11-4-7-15(8-5-11)10-12-3-1-2-6-14-12/h1-3,6,11H,4-5,7-10H2. The lowest BCUT2D eigenvalue weighted by molar-refractivity contribution is 0.185. The predicted molar refractivity (Wildman–Crippen MR) is 63.0 cm³/mol. The topological polar surface area (TPSA) is 16.1 Å². The van der Waals surface area contributed by atoms with Crippen LogP contribution in [0.5, 0.6) is 0 Å². The number of rotatable bonds is 3. The molecule has 1 aliphatic heterocycles. The third kappa shape index (κ3) is 3.18. The van der Waals surface area contributed by atoms with Gasteiger partial charge >= 0.3 is 0 Å². The van der Waals surface area contributed by atoms with Crippen LogP contribution in [0.15, 0.2) is 24.4 Å². The van der Waals surface area contributed by atoms with Crippen LogP contribution in [0.2, 0.25) is 0 Å². The van der Waals surface area contributed by atoms with Gasteiger partial charge in [-0.05, 0) is 44.0 Å². The molecule has 0 bridgehead atoms. The summed E-state index contributed by atoms with van der Waals surface area (Å²) < 4.78 is 0. The first-order valence-corrected chi connectivity index (χ1v) is 6.10. The third-order valence-corrected chi connectivity index (χ3v) is 3.47. The molecule has 2 nitrogen and oxygen atoms in total. The molecule has 2 rings (SSSR count). The first-order valence-electron chi connectivity index (χ1n) is 5.56. The summed E-state index contributed by atoms with van der Waals surface area (Å²) in [6.45, 7) is 3.30. The maximum Gasteiger partial charge on any atom is 0.0543 e. The van der Waals surface area contributed by atoms with E-state index >= 15 is 0 Å². The van der Waals surface area contributed by atoms with Crippen LogP contribution in [0, 0.1) is 5.92 Å². The van der Waals surface area contributed by atoms with Gasteiger partial charge < -0.3 is 0 Å². The number of nitrogens with zero attached hydrogens (tertiary/aromatic N) is 2. The summed E-state index contributed by atoms with van der Waals surface area (Å²) in [7, 11) is 0. The molecular weight excluding hydrogens is 208 g/mol. The Morgan fingerprint density at radius 3 is 2.73 bits per heavy atom. The summed E-state index contributed by atoms with van der Waals surface area (Å²) in [6, 6.07) is 6.10. The van der Waals surface area contributed by atoms with Crippen LogP contribution >= 0.6 is 11.6 Å². The highest BCUT2D eigenvalue weighted by Crippen LogP contribution is 2.19. The summed E-state index contributed by atoms with van der Waals surface area (Å²) in [5, 5.41) is 0. The molecule has 0 unspecified atom stereocenters. The maximum atomic E-state index is 5.86. The lowest BCUT2D eigenvalue weighted by Gasteiger charge is -2.30. The van der Waals surface area contributed by atoms with Crippen LogP contribution in [0.4, 0.5) is 0 Å². The molecule has 3 heteroatoms. The van der Waals surface area contributed by atoms with Crippen LogP contribution in [-0.2, 0) is 6.54 Å². The zero-order valence-corrected chi connectivity index (χ0v) is 9.66. The van der Waals surface area contributed by atoms with Gasteiger partial charge in [0, 0.05) is 18.6 Å². The number of pyridine rings is 1. The monoisotopic (exact) mass is 224 g/mol. The summed E-state index contributed by atoms with van der Waals surface area (Å²) in [6.07, 6.45) is 4.33. The second-order valence-electron chi connectivity index (χ2n) is 4.19. The zero-order valence-electron chi connectivity index (χ0n) is 8.90. The van der Waals surface area contributed by atoms with Crippen molar-refractivity contribution in [2.24, 2.45) is 5.92 Å². The van der Waals surface area contributed by atoms with Gasteiger partial charge in [0.25, 0.3) is 0 Å². The Morgan fingerprint density at radius 1 is 1.33 bits per heavy atom. The van der Waals surface area contributed by atoms with E-state index in [9.17, 15) is 0 Å². The van der Waals surface area contributed by atoms with E-state index in [4.69, 9.17) is 11.6 Å². The quantitative estimate of drug-likeness (QED) is 0.734. The van der Waals surface area contributed by atoms with E-state index in [1.807, 2.05) is 18.3 Å². The Kier molecular flexibility index (Phi) is 3.98. The van der Waals surface area contributed by atoms with Crippen molar-refractivity contribution in [3.05, 3.63) is 30.1 Å². The van der Waals surface area contributed by atoms with E-state index in [2.05, 4.69) is 16.0 Å². The summed E-state index contributed by atoms with van der Waals surface area (Å²) in [5.41, 5.74) is 1.17. The summed E-state index contributed by atoms with van der Waals surface area (Å²) in [4.78, 5) is 6.81. The van der Waals surface area contributed by atoms with Crippen LogP contribution in [0.25, 0.3) is 0 Å². The number of hydrogen-bond donors (Lipinski definition) is 0. The predicted octanol–water partition coefficient (Wildman–Crippen LogP) is 2.53. The largest absolute Gasteiger partial charge is 0.297 e. The van der Waals surface area contributed by atoms with Crippen molar-refractivity contribution in [1.29, 1.82) is 0 Å². The minimum absolute atomic E-state index is 0.728. The Labute approximate surface area is 96.3 Å². The Hall–Kier alpha value is -0.600. The molecule has 1 aliphatic rings. The number of piperidine rings is 1. The first kappa shape index (κ1) is 10.9. The summed E-state index contributed by atoms with van der Waals surface area (Å²) in [5.74, 6) is 1.55. The molecule has 15 heavy (non-hydrogen) atoms. The normalized spacial score (nSPS) is 19.3. The van der Waals surface area contributed by atoms with Crippen molar-refractivity contribution >= 4 is 11.6 Å². The molecule has 0 aliphatic carbocycles. The highest BCUT2D eigenvalue weighted by Gasteiger charge is 2.18. The average Bonchev–Trinajstić information content (AvgIpc) is 2.31. The van der Waals surface area contributed by atoms with Gasteiger partial charge in [-0.1, -0.05) is 6.07 Å². The number of hydrogen-bond acceptors (Lipinski definition) is 2. The highest BCUT2D eigenvalue weighted by molar-refractivity contribution is 6.18. The van der Waals surface area contributed by atoms with Gasteiger partial charge in [-0.25, -0.2) is 0 Å². The molecule has 1 saturated heterocycles. The van der Waals surface area contributed by atoms with E-state index < -0.39 is 0 Å². The van der Waals surface area contributed by atoms with Crippen LogP contribution in [0.3, 0.4) is 0 Å². The molecule has 1 aromatic heterocycles. The molecule has 1 aromatic rings. The molecule has 2 heterocycles. The number of likely N-dealkylation sites (tertiary alicyclic amines) is 1. The fraction of sp³-hybridized carbons (Fsp3) is 0.583. The molecular formula is C12H17ClN2. The number of alkyl halides is 1. The highest BCUT2D eigenvalue weighted by atomic mass is 35.5. The molecule has 0 amide bonds. The first-order chi connectivity index (χ1) is 7.38. The van der Waals surface area contributed by atoms with E-state index in [-0.39, 0.29) is 0 Å². The smallest absolute Gasteiger partial charge is 0.0543 e. The Bertz CT molecular complexity index is 281. The molecule has 0 radical (unpaired) electrons. The summed E-state index contributed by atoms with van der Waals surface area (Å²) >= 11 is 5.86. The molecule has 82 valence electrons. The molecule has 1 fully saturated rings. The molecule has 0 atom stereocenters. The van der Waals surface area contributed by atoms with E-state index in [0.717, 1.165) is 31.4 Å². The second kappa shape index (κ2) is 5.47. The molecule has 0 N–H and O–H groups in total. The van der Waals surface area contributed by atoms with Gasteiger partial charge in [0.15, 0.2) is 0 Å². The van der Waals surface area contributed by atoms with Gasteiger partial charge in [0.2, 0.25) is 0 Å². The molecule has 0 spiro atoms. The van der Waals surface area contributed by atoms with Gasteiger partial charge in [-0.2, -0.15) is 0 Å². The lowest BCUT2D eigenvalue weighted by atomic mass is 9.99. The third-order valence-electron chi connectivity index (χ3n) is 3.04. The van der Waals surface area contributed by atoms with Gasteiger partial charge in [0.05, 0.1) is 5.69 Å². The van der Waals surface area contributed by atoms with Crippen molar-refractivity contribution in [1.82, 2.24) is 9.88 Å². The van der Waals surface area contributed by atoms with Crippen LogP contribution < -0.4 is 0 Å². The van der Waals surface area contributed by atoms with Crippen molar-refractivity contribution < 1.29 is 0 Å². The van der Waals surface area contributed by atoms with Crippen molar-refractivity contribution in [2.45, 2.75) is 19.4 Å². The van der Waals surface area contributed by atoms with Gasteiger partial charge in [-0.3, -0.25) is 9.88 Å². The molecule has 0 aromatic carbocycles. The zero-order chi connectivity index (χ0) is 10.5. The minimum Gasteiger partial charge on any atom is -0.297 e. The van der Waals surface area contributed by atoms with E-state index in [1.165, 1.54) is 18.5 Å². The average molecular weight is 225 g/mol. The fourth-order valence-corrected chi connectivity index (χ4v) is 2.33. The van der Waals surface area contributed by atoms with Crippen LogP contribution in [-0.4, -0.2) is 28.9 Å². The minimum atomic E-state index is 0.728. The SMILES string of the molecule is ClCC1CCN(Cc2ccccn2)CC1. The molecule has 0 saturated carbocycles. The van der Waals surface area contributed by atoms with Crippen LogP contribution in [0.1, 0.15) is 18.5 Å². The van der Waals surface area contributed by atoms with Crippen molar-refractivity contribution in [3.63, 3.8) is 0 Å². The fourth-order valence-electron chi connectivity index (χ4n) is 2.02. The Balaban J connectivity index is 1.82. The van der Waals surface area contributed by atoms with Crippen molar-refractivity contribution in [3.8, 4) is 0 Å². The van der Waals surface area contributed by atoms with Gasteiger partial charge in [-0.15, -0.1) is 11.6 Å². The van der Waals surface area contributed by atoms with E-state index in [0.29, 0.717) is 0 Å².